The van der Waals surface area contributed by atoms with Crippen LogP contribution in [0.1, 0.15) is 38.8 Å². The van der Waals surface area contributed by atoms with Crippen molar-refractivity contribution in [3.05, 3.63) is 65.9 Å². The van der Waals surface area contributed by atoms with Crippen LogP contribution in [0.2, 0.25) is 0 Å². The molecule has 1 aliphatic heterocycles. The molecular formula is C22H22N2O. The average Bonchev–Trinajstić information content (AvgIpc) is 2.97. The van der Waals surface area contributed by atoms with Crippen LogP contribution in [0, 0.1) is 0 Å². The highest BCUT2D eigenvalue weighted by Crippen LogP contribution is 2.47. The molecule has 0 fully saturated rings. The third-order valence-electron chi connectivity index (χ3n) is 5.12. The Morgan fingerprint density at radius 3 is 2.48 bits per heavy atom. The van der Waals surface area contributed by atoms with Gasteiger partial charge in [0.2, 0.25) is 0 Å². The zero-order valence-electron chi connectivity index (χ0n) is 15.0. The fourth-order valence-corrected chi connectivity index (χ4v) is 4.01. The summed E-state index contributed by atoms with van der Waals surface area (Å²) in [7, 11) is 0. The Balaban J connectivity index is 0.000000758. The maximum Gasteiger partial charge on any atom is 0.145 e. The number of phenols is 1. The molecule has 2 aromatic carbocycles. The standard InChI is InChI=1S/C20H16N2O.C2H6/c1-20(2)15-9-8-12(23)11-17(15)22-18-13(5-3-7-16(18)20)14-6-4-10-21-19(14)22;1-2/h3-11,23H,1-2H3;1-2H3. The minimum absolute atomic E-state index is 0.118. The lowest BCUT2D eigenvalue weighted by molar-refractivity contribution is 0.474. The van der Waals surface area contributed by atoms with Gasteiger partial charge in [0.05, 0.1) is 11.2 Å². The highest BCUT2D eigenvalue weighted by atomic mass is 16.3. The molecule has 0 unspecified atom stereocenters. The summed E-state index contributed by atoms with van der Waals surface area (Å²) in [6.07, 6.45) is 1.83. The van der Waals surface area contributed by atoms with Crippen molar-refractivity contribution in [3.63, 3.8) is 0 Å². The smallest absolute Gasteiger partial charge is 0.145 e. The first-order valence-electron chi connectivity index (χ1n) is 8.81. The van der Waals surface area contributed by atoms with Gasteiger partial charge in [-0.25, -0.2) is 4.98 Å². The Kier molecular flexibility index (Phi) is 3.36. The monoisotopic (exact) mass is 330 g/mol. The molecule has 1 aliphatic rings. The predicted molar refractivity (Wildman–Crippen MR) is 104 cm³/mol. The molecule has 1 N–H and O–H groups in total. The SMILES string of the molecule is CC.CC1(C)c2ccc(O)cc2-n2c3ncccc3c3cccc1c32. The quantitative estimate of drug-likeness (QED) is 0.459. The number of benzene rings is 2. The molecule has 5 rings (SSSR count). The van der Waals surface area contributed by atoms with E-state index in [1.807, 2.05) is 38.2 Å². The number of aromatic hydroxyl groups is 1. The van der Waals surface area contributed by atoms with Crippen molar-refractivity contribution in [2.75, 3.05) is 0 Å². The molecule has 25 heavy (non-hydrogen) atoms. The highest BCUT2D eigenvalue weighted by molar-refractivity contribution is 6.10. The van der Waals surface area contributed by atoms with Gasteiger partial charge in [-0.15, -0.1) is 0 Å². The number of nitrogens with zero attached hydrogens (tertiary/aromatic N) is 2. The molecule has 0 radical (unpaired) electrons. The zero-order valence-corrected chi connectivity index (χ0v) is 15.0. The molecule has 3 nitrogen and oxygen atoms in total. The molecule has 0 aliphatic carbocycles. The maximum atomic E-state index is 10.0. The summed E-state index contributed by atoms with van der Waals surface area (Å²) in [6.45, 7) is 8.48. The summed E-state index contributed by atoms with van der Waals surface area (Å²) >= 11 is 0. The van der Waals surface area contributed by atoms with Gasteiger partial charge in [-0.2, -0.15) is 0 Å². The molecule has 0 bridgehead atoms. The number of aromatic nitrogens is 2. The van der Waals surface area contributed by atoms with Gasteiger partial charge >= 0.3 is 0 Å². The van der Waals surface area contributed by atoms with E-state index in [0.717, 1.165) is 16.7 Å². The van der Waals surface area contributed by atoms with Crippen LogP contribution in [-0.4, -0.2) is 14.7 Å². The van der Waals surface area contributed by atoms with E-state index in [-0.39, 0.29) is 11.2 Å². The van der Waals surface area contributed by atoms with Gasteiger partial charge in [0.1, 0.15) is 11.4 Å². The van der Waals surface area contributed by atoms with Gasteiger partial charge < -0.3 is 5.11 Å². The lowest BCUT2D eigenvalue weighted by Gasteiger charge is -2.34. The van der Waals surface area contributed by atoms with Crippen molar-refractivity contribution in [2.24, 2.45) is 0 Å². The first-order valence-corrected chi connectivity index (χ1v) is 8.81. The first-order chi connectivity index (χ1) is 12.1. The Hall–Kier alpha value is -2.81. The molecule has 0 spiro atoms. The van der Waals surface area contributed by atoms with Crippen LogP contribution in [0.5, 0.6) is 5.75 Å². The summed E-state index contributed by atoms with van der Waals surface area (Å²) in [6, 6.07) is 16.2. The Labute approximate surface area is 147 Å². The second-order valence-corrected chi connectivity index (χ2v) is 6.74. The molecule has 0 amide bonds. The van der Waals surface area contributed by atoms with E-state index in [1.54, 1.807) is 6.07 Å². The van der Waals surface area contributed by atoms with E-state index >= 15 is 0 Å². The van der Waals surface area contributed by atoms with E-state index in [2.05, 4.69) is 47.7 Å². The van der Waals surface area contributed by atoms with E-state index in [4.69, 9.17) is 0 Å². The van der Waals surface area contributed by atoms with E-state index in [9.17, 15) is 5.11 Å². The molecule has 4 aromatic rings. The number of fused-ring (bicyclic) bond motifs is 5. The molecule has 2 aromatic heterocycles. The summed E-state index contributed by atoms with van der Waals surface area (Å²) in [5.41, 5.74) is 5.55. The minimum Gasteiger partial charge on any atom is -0.508 e. The van der Waals surface area contributed by atoms with Crippen LogP contribution < -0.4 is 0 Å². The average molecular weight is 330 g/mol. The second-order valence-electron chi connectivity index (χ2n) is 6.74. The van der Waals surface area contributed by atoms with Crippen molar-refractivity contribution in [3.8, 4) is 11.4 Å². The van der Waals surface area contributed by atoms with E-state index < -0.39 is 0 Å². The summed E-state index contributed by atoms with van der Waals surface area (Å²) < 4.78 is 2.19. The molecular weight excluding hydrogens is 308 g/mol. The van der Waals surface area contributed by atoms with Crippen LogP contribution >= 0.6 is 0 Å². The molecule has 126 valence electrons. The van der Waals surface area contributed by atoms with Crippen molar-refractivity contribution in [2.45, 2.75) is 33.1 Å². The van der Waals surface area contributed by atoms with Gasteiger partial charge in [0, 0.05) is 28.5 Å². The predicted octanol–water partition coefficient (Wildman–Crippen LogP) is 5.55. The Morgan fingerprint density at radius 1 is 0.920 bits per heavy atom. The van der Waals surface area contributed by atoms with Gasteiger partial charge in [-0.05, 0) is 29.3 Å². The molecule has 0 saturated carbocycles. The van der Waals surface area contributed by atoms with Crippen LogP contribution in [0.3, 0.4) is 0 Å². The molecule has 3 heteroatoms. The van der Waals surface area contributed by atoms with Gasteiger partial charge in [-0.1, -0.05) is 52.0 Å². The number of pyridine rings is 1. The van der Waals surface area contributed by atoms with Crippen LogP contribution in [-0.2, 0) is 5.41 Å². The van der Waals surface area contributed by atoms with Crippen molar-refractivity contribution < 1.29 is 5.11 Å². The molecule has 0 saturated heterocycles. The van der Waals surface area contributed by atoms with Gasteiger partial charge in [0.25, 0.3) is 0 Å². The van der Waals surface area contributed by atoms with E-state index in [1.165, 1.54) is 22.0 Å². The third kappa shape index (κ3) is 1.95. The second kappa shape index (κ2) is 5.35. The Morgan fingerprint density at radius 2 is 1.68 bits per heavy atom. The maximum absolute atomic E-state index is 10.0. The van der Waals surface area contributed by atoms with Gasteiger partial charge in [-0.3, -0.25) is 4.57 Å². The fourth-order valence-electron chi connectivity index (χ4n) is 4.01. The summed E-state index contributed by atoms with van der Waals surface area (Å²) in [5.74, 6) is 0.282. The topological polar surface area (TPSA) is 38.0 Å². The minimum atomic E-state index is -0.118. The van der Waals surface area contributed by atoms with Crippen LogP contribution in [0.15, 0.2) is 54.7 Å². The lowest BCUT2D eigenvalue weighted by atomic mass is 9.74. The summed E-state index contributed by atoms with van der Waals surface area (Å²) in [5, 5.41) is 12.4. The van der Waals surface area contributed by atoms with E-state index in [0.29, 0.717) is 0 Å². The normalized spacial score (nSPS) is 14.1. The number of hydrogen-bond acceptors (Lipinski definition) is 2. The molecule has 0 atom stereocenters. The largest absolute Gasteiger partial charge is 0.508 e. The number of para-hydroxylation sites is 1. The highest BCUT2D eigenvalue weighted by Gasteiger charge is 2.35. The fraction of sp³-hybridized carbons (Fsp3) is 0.227. The van der Waals surface area contributed by atoms with Crippen LogP contribution in [0.25, 0.3) is 27.6 Å². The van der Waals surface area contributed by atoms with Gasteiger partial charge in [0.15, 0.2) is 0 Å². The molecule has 3 heterocycles. The third-order valence-corrected chi connectivity index (χ3v) is 5.12. The van der Waals surface area contributed by atoms with Crippen molar-refractivity contribution in [1.29, 1.82) is 0 Å². The number of phenolic OH excluding ortho intramolecular Hbond substituents is 1. The van der Waals surface area contributed by atoms with Crippen LogP contribution in [0.4, 0.5) is 0 Å². The number of hydrogen-bond donors (Lipinski definition) is 1. The van der Waals surface area contributed by atoms with Crippen molar-refractivity contribution in [1.82, 2.24) is 9.55 Å². The lowest BCUT2D eigenvalue weighted by Crippen LogP contribution is -2.26. The number of rotatable bonds is 0. The Bertz CT molecular complexity index is 1110. The zero-order chi connectivity index (χ0) is 17.8. The van der Waals surface area contributed by atoms with Crippen molar-refractivity contribution >= 4 is 21.9 Å². The first kappa shape index (κ1) is 15.7. The summed E-state index contributed by atoms with van der Waals surface area (Å²) in [4.78, 5) is 4.62.